The number of nitrogens with one attached hydrogen (secondary N) is 2. The Labute approximate surface area is 106 Å². The molecule has 0 aromatic heterocycles. The van der Waals surface area contributed by atoms with Crippen molar-refractivity contribution in [2.24, 2.45) is 4.99 Å². The summed E-state index contributed by atoms with van der Waals surface area (Å²) in [5.41, 5.74) is 0.851. The molecule has 1 aromatic rings. The van der Waals surface area contributed by atoms with Gasteiger partial charge in [-0.15, -0.1) is 0 Å². The fraction of sp³-hybridized carbons (Fsp3) is 0.385. The predicted octanol–water partition coefficient (Wildman–Crippen LogP) is 1.52. The molecule has 0 saturated heterocycles. The number of rotatable bonds is 3. The van der Waals surface area contributed by atoms with Gasteiger partial charge in [-0.2, -0.15) is 5.26 Å². The molecule has 1 fully saturated rings. The second-order valence-corrected chi connectivity index (χ2v) is 4.26. The zero-order valence-electron chi connectivity index (χ0n) is 10.2. The minimum absolute atomic E-state index is 0.330. The molecular formula is C13H15FN4. The lowest BCUT2D eigenvalue weighted by Gasteiger charge is -2.11. The molecule has 2 rings (SSSR count). The highest BCUT2D eigenvalue weighted by molar-refractivity contribution is 5.80. The molecule has 94 valence electrons. The monoisotopic (exact) mass is 246 g/mol. The Bertz CT molecular complexity index is 500. The van der Waals surface area contributed by atoms with Crippen LogP contribution in [0.1, 0.15) is 24.0 Å². The second kappa shape index (κ2) is 5.50. The lowest BCUT2D eigenvalue weighted by molar-refractivity contribution is 0.604. The van der Waals surface area contributed by atoms with Crippen molar-refractivity contribution in [1.29, 1.82) is 5.26 Å². The van der Waals surface area contributed by atoms with Gasteiger partial charge >= 0.3 is 0 Å². The van der Waals surface area contributed by atoms with Crippen LogP contribution in [-0.2, 0) is 6.54 Å². The van der Waals surface area contributed by atoms with E-state index >= 15 is 0 Å². The molecule has 1 aliphatic rings. The van der Waals surface area contributed by atoms with Gasteiger partial charge in [0.15, 0.2) is 5.96 Å². The molecule has 0 atom stereocenters. The molecule has 0 spiro atoms. The van der Waals surface area contributed by atoms with E-state index in [1.54, 1.807) is 19.2 Å². The molecule has 2 N–H and O–H groups in total. The van der Waals surface area contributed by atoms with Crippen LogP contribution in [0.3, 0.4) is 0 Å². The molecule has 0 bridgehead atoms. The predicted molar refractivity (Wildman–Crippen MR) is 67.5 cm³/mol. The Morgan fingerprint density at radius 2 is 2.33 bits per heavy atom. The number of benzene rings is 1. The van der Waals surface area contributed by atoms with E-state index in [1.165, 1.54) is 6.07 Å². The molecule has 1 saturated carbocycles. The average molecular weight is 246 g/mol. The van der Waals surface area contributed by atoms with Crippen molar-refractivity contribution < 1.29 is 4.39 Å². The second-order valence-electron chi connectivity index (χ2n) is 4.26. The van der Waals surface area contributed by atoms with E-state index in [0.29, 0.717) is 29.7 Å². The lowest BCUT2D eigenvalue weighted by Crippen LogP contribution is -2.38. The number of guanidine groups is 1. The van der Waals surface area contributed by atoms with Crippen LogP contribution in [-0.4, -0.2) is 19.0 Å². The highest BCUT2D eigenvalue weighted by atomic mass is 19.1. The summed E-state index contributed by atoms with van der Waals surface area (Å²) in [6, 6.07) is 6.88. The summed E-state index contributed by atoms with van der Waals surface area (Å²) >= 11 is 0. The topological polar surface area (TPSA) is 60.2 Å². The average Bonchev–Trinajstić information content (AvgIpc) is 3.19. The summed E-state index contributed by atoms with van der Waals surface area (Å²) < 4.78 is 13.6. The molecule has 0 radical (unpaired) electrons. The molecule has 0 aliphatic heterocycles. The Kier molecular flexibility index (Phi) is 3.78. The molecule has 1 aliphatic carbocycles. The van der Waals surface area contributed by atoms with Crippen LogP contribution >= 0.6 is 0 Å². The summed E-state index contributed by atoms with van der Waals surface area (Å²) in [6.07, 6.45) is 2.32. The number of nitriles is 1. The SMILES string of the molecule is CN=C(NCc1ccc(C#N)cc1F)NC1CC1. The number of halogens is 1. The Balaban J connectivity index is 1.94. The van der Waals surface area contributed by atoms with Crippen LogP contribution < -0.4 is 10.6 Å². The zero-order valence-corrected chi connectivity index (χ0v) is 10.2. The smallest absolute Gasteiger partial charge is 0.191 e. The van der Waals surface area contributed by atoms with Crippen LogP contribution in [0, 0.1) is 17.1 Å². The Hall–Kier alpha value is -2.09. The molecular weight excluding hydrogens is 231 g/mol. The van der Waals surface area contributed by atoms with Gasteiger partial charge in [0.2, 0.25) is 0 Å². The maximum absolute atomic E-state index is 13.6. The summed E-state index contributed by atoms with van der Waals surface area (Å²) in [5.74, 6) is 0.310. The summed E-state index contributed by atoms with van der Waals surface area (Å²) in [6.45, 7) is 0.351. The largest absolute Gasteiger partial charge is 0.354 e. The van der Waals surface area contributed by atoms with Gasteiger partial charge in [0.05, 0.1) is 11.6 Å². The van der Waals surface area contributed by atoms with E-state index in [0.717, 1.165) is 12.8 Å². The van der Waals surface area contributed by atoms with Crippen LogP contribution in [0.15, 0.2) is 23.2 Å². The van der Waals surface area contributed by atoms with Gasteiger partial charge in [-0.1, -0.05) is 6.07 Å². The van der Waals surface area contributed by atoms with Crippen LogP contribution in [0.4, 0.5) is 4.39 Å². The van der Waals surface area contributed by atoms with E-state index in [4.69, 9.17) is 5.26 Å². The van der Waals surface area contributed by atoms with Crippen molar-refractivity contribution in [2.75, 3.05) is 7.05 Å². The molecule has 18 heavy (non-hydrogen) atoms. The van der Waals surface area contributed by atoms with Gasteiger partial charge in [-0.05, 0) is 25.0 Å². The van der Waals surface area contributed by atoms with Crippen molar-refractivity contribution in [3.63, 3.8) is 0 Å². The van der Waals surface area contributed by atoms with Gasteiger partial charge in [0, 0.05) is 25.2 Å². The van der Waals surface area contributed by atoms with Gasteiger partial charge in [-0.25, -0.2) is 4.39 Å². The summed E-state index contributed by atoms with van der Waals surface area (Å²) in [7, 11) is 1.69. The number of hydrogen-bond acceptors (Lipinski definition) is 2. The zero-order chi connectivity index (χ0) is 13.0. The summed E-state index contributed by atoms with van der Waals surface area (Å²) in [4.78, 5) is 4.07. The third kappa shape index (κ3) is 3.20. The normalized spacial score (nSPS) is 15.1. The number of nitrogens with zero attached hydrogens (tertiary/aromatic N) is 2. The van der Waals surface area contributed by atoms with Crippen molar-refractivity contribution in [1.82, 2.24) is 10.6 Å². The maximum atomic E-state index is 13.6. The van der Waals surface area contributed by atoms with Crippen molar-refractivity contribution in [3.8, 4) is 6.07 Å². The number of aliphatic imine (C=N–C) groups is 1. The van der Waals surface area contributed by atoms with Gasteiger partial charge in [0.1, 0.15) is 5.82 Å². The van der Waals surface area contributed by atoms with Gasteiger partial charge in [-0.3, -0.25) is 4.99 Å². The Morgan fingerprint density at radius 1 is 1.56 bits per heavy atom. The van der Waals surface area contributed by atoms with Gasteiger partial charge in [0.25, 0.3) is 0 Å². The molecule has 1 aromatic carbocycles. The van der Waals surface area contributed by atoms with Crippen LogP contribution in [0.25, 0.3) is 0 Å². The fourth-order valence-corrected chi connectivity index (χ4v) is 1.55. The minimum Gasteiger partial charge on any atom is -0.354 e. The van der Waals surface area contributed by atoms with Crippen LogP contribution in [0.5, 0.6) is 0 Å². The molecule has 5 heteroatoms. The molecule has 0 heterocycles. The highest BCUT2D eigenvalue weighted by Gasteiger charge is 2.22. The summed E-state index contributed by atoms with van der Waals surface area (Å²) in [5, 5.41) is 14.9. The van der Waals surface area contributed by atoms with E-state index in [2.05, 4.69) is 15.6 Å². The number of hydrogen-bond donors (Lipinski definition) is 2. The first kappa shape index (κ1) is 12.4. The highest BCUT2D eigenvalue weighted by Crippen LogP contribution is 2.18. The van der Waals surface area contributed by atoms with Crippen molar-refractivity contribution in [3.05, 3.63) is 35.1 Å². The van der Waals surface area contributed by atoms with Crippen molar-refractivity contribution >= 4 is 5.96 Å². The Morgan fingerprint density at radius 3 is 2.89 bits per heavy atom. The van der Waals surface area contributed by atoms with Crippen molar-refractivity contribution in [2.45, 2.75) is 25.4 Å². The van der Waals surface area contributed by atoms with E-state index in [9.17, 15) is 4.39 Å². The quantitative estimate of drug-likeness (QED) is 0.628. The maximum Gasteiger partial charge on any atom is 0.191 e. The van der Waals surface area contributed by atoms with E-state index in [-0.39, 0.29) is 5.82 Å². The van der Waals surface area contributed by atoms with E-state index < -0.39 is 0 Å². The molecule has 0 unspecified atom stereocenters. The fourth-order valence-electron chi connectivity index (χ4n) is 1.55. The van der Waals surface area contributed by atoms with E-state index in [1.807, 2.05) is 6.07 Å². The third-order valence-corrected chi connectivity index (χ3v) is 2.77. The van der Waals surface area contributed by atoms with Crippen LogP contribution in [0.2, 0.25) is 0 Å². The standard InChI is InChI=1S/C13H15FN4/c1-16-13(18-11-4-5-11)17-8-10-3-2-9(7-15)6-12(10)14/h2-3,6,11H,4-5,8H2,1H3,(H2,16,17,18). The third-order valence-electron chi connectivity index (χ3n) is 2.77. The molecule has 0 amide bonds. The van der Waals surface area contributed by atoms with Gasteiger partial charge < -0.3 is 10.6 Å². The molecule has 4 nitrogen and oxygen atoms in total. The first-order valence-corrected chi connectivity index (χ1v) is 5.88. The minimum atomic E-state index is -0.372. The first-order chi connectivity index (χ1) is 8.72. The first-order valence-electron chi connectivity index (χ1n) is 5.88. The lowest BCUT2D eigenvalue weighted by atomic mass is 10.1.